The Labute approximate surface area is 172 Å². The Balaban J connectivity index is 2.16. The largest absolute Gasteiger partial charge is 0.480 e. The molecule has 1 aromatic heterocycles. The number of likely N-dealkylation sites (N-methyl/N-ethyl adjacent to an activating group) is 1. The number of amides is 2. The minimum atomic E-state index is -1.28. The summed E-state index contributed by atoms with van der Waals surface area (Å²) in [7, 11) is 1.47. The second-order valence-corrected chi connectivity index (χ2v) is 6.72. The Morgan fingerprint density at radius 3 is 2.60 bits per heavy atom. The summed E-state index contributed by atoms with van der Waals surface area (Å²) in [6.07, 6.45) is 2.30. The van der Waals surface area contributed by atoms with Crippen LogP contribution >= 0.6 is 0 Å². The van der Waals surface area contributed by atoms with Gasteiger partial charge in [0.15, 0.2) is 5.78 Å². The topological polar surface area (TPSA) is 164 Å². The van der Waals surface area contributed by atoms with Crippen molar-refractivity contribution in [3.8, 4) is 0 Å². The Morgan fingerprint density at radius 2 is 1.93 bits per heavy atom. The molecule has 160 valence electrons. The first-order valence-corrected chi connectivity index (χ1v) is 9.41. The number of ketones is 1. The van der Waals surface area contributed by atoms with Gasteiger partial charge < -0.3 is 26.1 Å². The highest BCUT2D eigenvalue weighted by Crippen LogP contribution is 2.19. The van der Waals surface area contributed by atoms with E-state index >= 15 is 0 Å². The van der Waals surface area contributed by atoms with E-state index in [1.54, 1.807) is 6.20 Å². The van der Waals surface area contributed by atoms with Crippen molar-refractivity contribution in [1.29, 1.82) is 5.41 Å². The molecule has 2 amide bonds. The number of para-hydroxylation sites is 1. The highest BCUT2D eigenvalue weighted by atomic mass is 16.4. The van der Waals surface area contributed by atoms with E-state index < -0.39 is 29.7 Å². The maximum atomic E-state index is 12.8. The summed E-state index contributed by atoms with van der Waals surface area (Å²) in [6.45, 7) is -0.124. The fourth-order valence-corrected chi connectivity index (χ4v) is 2.97. The Kier molecular flexibility index (Phi) is 8.24. The van der Waals surface area contributed by atoms with E-state index in [9.17, 15) is 24.3 Å². The number of nitrogens with one attached hydrogen (secondary N) is 5. The maximum absolute atomic E-state index is 12.8. The lowest BCUT2D eigenvalue weighted by molar-refractivity contribution is -0.142. The first-order chi connectivity index (χ1) is 14.3. The first kappa shape index (κ1) is 22.8. The number of aromatic nitrogens is 1. The molecule has 2 rings (SSSR count). The number of carbonyl (C=O) groups is 4. The van der Waals surface area contributed by atoms with E-state index in [1.165, 1.54) is 7.05 Å². The summed E-state index contributed by atoms with van der Waals surface area (Å²) < 4.78 is 0. The van der Waals surface area contributed by atoms with Crippen molar-refractivity contribution >= 4 is 40.7 Å². The zero-order valence-electron chi connectivity index (χ0n) is 16.5. The number of benzene rings is 1. The van der Waals surface area contributed by atoms with Crippen LogP contribution in [-0.4, -0.2) is 65.5 Å². The van der Waals surface area contributed by atoms with Crippen molar-refractivity contribution in [2.24, 2.45) is 0 Å². The average molecular weight is 415 g/mol. The van der Waals surface area contributed by atoms with Crippen LogP contribution in [0.25, 0.3) is 10.9 Å². The van der Waals surface area contributed by atoms with Crippen molar-refractivity contribution < 1.29 is 24.3 Å². The molecule has 1 heterocycles. The van der Waals surface area contributed by atoms with Crippen LogP contribution in [0.5, 0.6) is 0 Å². The molecule has 0 spiro atoms. The fraction of sp³-hybridized carbons (Fsp3) is 0.350. The normalized spacial score (nSPS) is 12.7. The van der Waals surface area contributed by atoms with Gasteiger partial charge in [0, 0.05) is 30.6 Å². The predicted molar refractivity (Wildman–Crippen MR) is 110 cm³/mol. The van der Waals surface area contributed by atoms with Gasteiger partial charge in [-0.15, -0.1) is 0 Å². The van der Waals surface area contributed by atoms with E-state index in [-0.39, 0.29) is 31.7 Å². The van der Waals surface area contributed by atoms with Crippen LogP contribution in [0.15, 0.2) is 30.5 Å². The van der Waals surface area contributed by atoms with Crippen molar-refractivity contribution in [2.45, 2.75) is 31.3 Å². The fourth-order valence-electron chi connectivity index (χ4n) is 2.97. The van der Waals surface area contributed by atoms with Crippen molar-refractivity contribution in [3.05, 3.63) is 36.0 Å². The minimum absolute atomic E-state index is 0.124. The van der Waals surface area contributed by atoms with Gasteiger partial charge in [-0.3, -0.25) is 19.7 Å². The van der Waals surface area contributed by atoms with E-state index in [2.05, 4.69) is 20.9 Å². The highest BCUT2D eigenvalue weighted by Gasteiger charge is 2.26. The van der Waals surface area contributed by atoms with Crippen LogP contribution < -0.4 is 16.0 Å². The van der Waals surface area contributed by atoms with Crippen LogP contribution in [0, 0.1) is 5.41 Å². The van der Waals surface area contributed by atoms with Gasteiger partial charge >= 0.3 is 5.97 Å². The third-order valence-corrected chi connectivity index (χ3v) is 4.66. The van der Waals surface area contributed by atoms with Gasteiger partial charge in [-0.2, -0.15) is 0 Å². The molecule has 0 aliphatic rings. The summed E-state index contributed by atoms with van der Waals surface area (Å²) in [6, 6.07) is 5.39. The van der Waals surface area contributed by atoms with Gasteiger partial charge in [-0.25, -0.2) is 4.79 Å². The minimum Gasteiger partial charge on any atom is -0.480 e. The third-order valence-electron chi connectivity index (χ3n) is 4.66. The molecule has 10 nitrogen and oxygen atoms in total. The molecule has 0 unspecified atom stereocenters. The molecule has 30 heavy (non-hydrogen) atoms. The van der Waals surface area contributed by atoms with Crippen LogP contribution in [0.4, 0.5) is 0 Å². The summed E-state index contributed by atoms with van der Waals surface area (Å²) in [4.78, 5) is 50.4. The molecule has 0 aliphatic heterocycles. The standard InChI is InChI=1S/C20H25N5O5/c1-22-18(27)11-24-17(8-12-10-23-15-5-3-2-4-14(12)15)19(28)25-16(20(29)30)7-6-13(26)9-21/h2-5,9-10,16-17,21,23-24H,6-8,11H2,1H3,(H,22,27)(H,25,28)(H,29,30)/t16-,17-/m0/s1. The number of carboxylic acids is 1. The van der Waals surface area contributed by atoms with Crippen LogP contribution in [0.1, 0.15) is 18.4 Å². The quantitative estimate of drug-likeness (QED) is 0.267. The number of hydrogen-bond acceptors (Lipinski definition) is 6. The number of Topliss-reactive ketones (excluding diaryl/α,β-unsaturated/α-hetero) is 1. The number of hydrogen-bond donors (Lipinski definition) is 6. The molecular weight excluding hydrogens is 390 g/mol. The van der Waals surface area contributed by atoms with Gasteiger partial charge in [0.1, 0.15) is 6.04 Å². The molecule has 10 heteroatoms. The molecule has 0 bridgehead atoms. The molecule has 0 saturated heterocycles. The number of carboxylic acid groups (broad SMARTS) is 1. The molecule has 0 aliphatic carbocycles. The number of aromatic amines is 1. The van der Waals surface area contributed by atoms with E-state index in [4.69, 9.17) is 5.41 Å². The van der Waals surface area contributed by atoms with Crippen LogP contribution in [0.3, 0.4) is 0 Å². The molecule has 6 N–H and O–H groups in total. The lowest BCUT2D eigenvalue weighted by atomic mass is 10.0. The van der Waals surface area contributed by atoms with Crippen LogP contribution in [0.2, 0.25) is 0 Å². The Bertz CT molecular complexity index is 939. The van der Waals surface area contributed by atoms with Crippen molar-refractivity contribution in [1.82, 2.24) is 20.9 Å². The molecule has 0 fully saturated rings. The molecule has 2 aromatic rings. The van der Waals surface area contributed by atoms with E-state index in [0.29, 0.717) is 6.21 Å². The second-order valence-electron chi connectivity index (χ2n) is 6.72. The summed E-state index contributed by atoms with van der Waals surface area (Å²) in [5.74, 6) is -2.72. The lowest BCUT2D eigenvalue weighted by Crippen LogP contribution is -2.52. The Hall–Kier alpha value is -3.53. The van der Waals surface area contributed by atoms with Gasteiger partial charge in [0.2, 0.25) is 11.8 Å². The zero-order chi connectivity index (χ0) is 22.1. The lowest BCUT2D eigenvalue weighted by Gasteiger charge is -2.21. The zero-order valence-corrected chi connectivity index (χ0v) is 16.5. The molecule has 1 aromatic carbocycles. The molecular formula is C20H25N5O5. The monoisotopic (exact) mass is 415 g/mol. The Morgan fingerprint density at radius 1 is 1.20 bits per heavy atom. The van der Waals surface area contributed by atoms with Gasteiger partial charge in [0.25, 0.3) is 0 Å². The van der Waals surface area contributed by atoms with E-state index in [1.807, 2.05) is 24.3 Å². The highest BCUT2D eigenvalue weighted by molar-refractivity contribution is 6.26. The summed E-state index contributed by atoms with van der Waals surface area (Å²) in [5, 5.41) is 24.9. The average Bonchev–Trinajstić information content (AvgIpc) is 3.15. The van der Waals surface area contributed by atoms with Crippen molar-refractivity contribution in [3.63, 3.8) is 0 Å². The smallest absolute Gasteiger partial charge is 0.326 e. The van der Waals surface area contributed by atoms with E-state index in [0.717, 1.165) is 16.5 Å². The number of H-pyrrole nitrogens is 1. The van der Waals surface area contributed by atoms with Gasteiger partial charge in [0.05, 0.1) is 18.8 Å². The second kappa shape index (κ2) is 10.9. The SMILES string of the molecule is CNC(=O)CN[C@@H](Cc1c[nH]c2ccccc12)C(=O)N[C@@H](CCC(=O)C=N)C(=O)O. The molecule has 0 radical (unpaired) electrons. The number of carbonyl (C=O) groups excluding carboxylic acids is 3. The maximum Gasteiger partial charge on any atom is 0.326 e. The number of aliphatic carboxylic acids is 1. The number of fused-ring (bicyclic) bond motifs is 1. The summed E-state index contributed by atoms with van der Waals surface area (Å²) >= 11 is 0. The van der Waals surface area contributed by atoms with Crippen LogP contribution in [-0.2, 0) is 25.6 Å². The molecule has 2 atom stereocenters. The third kappa shape index (κ3) is 6.24. The van der Waals surface area contributed by atoms with Gasteiger partial charge in [-0.05, 0) is 24.5 Å². The number of rotatable bonds is 12. The first-order valence-electron chi connectivity index (χ1n) is 9.41. The summed E-state index contributed by atoms with van der Waals surface area (Å²) in [5.41, 5.74) is 1.73. The van der Waals surface area contributed by atoms with Crippen molar-refractivity contribution in [2.75, 3.05) is 13.6 Å². The van der Waals surface area contributed by atoms with Gasteiger partial charge in [-0.1, -0.05) is 18.2 Å². The predicted octanol–water partition coefficient (Wildman–Crippen LogP) is -0.0171. The molecule has 0 saturated carbocycles.